The topological polar surface area (TPSA) is 64.3 Å². The minimum absolute atomic E-state index is 0.0714. The van der Waals surface area contributed by atoms with E-state index in [0.29, 0.717) is 18.0 Å². The summed E-state index contributed by atoms with van der Waals surface area (Å²) in [5, 5.41) is 7.08. The van der Waals surface area contributed by atoms with Gasteiger partial charge in [0.05, 0.1) is 0 Å². The zero-order valence-corrected chi connectivity index (χ0v) is 12.7. The molecule has 0 saturated heterocycles. The first-order valence-electron chi connectivity index (χ1n) is 7.23. The van der Waals surface area contributed by atoms with Crippen LogP contribution in [0.1, 0.15) is 18.2 Å². The van der Waals surface area contributed by atoms with Crippen LogP contribution in [0.15, 0.2) is 30.6 Å². The summed E-state index contributed by atoms with van der Waals surface area (Å²) in [7, 11) is 0. The fraction of sp³-hybridized carbons (Fsp3) is 0.267. The van der Waals surface area contributed by atoms with Gasteiger partial charge in [0.1, 0.15) is 23.7 Å². The zero-order valence-electron chi connectivity index (χ0n) is 12.7. The van der Waals surface area contributed by atoms with E-state index in [1.165, 1.54) is 16.9 Å². The molecule has 0 atom stereocenters. The molecule has 2 heterocycles. The second kappa shape index (κ2) is 6.73. The number of anilines is 1. The van der Waals surface area contributed by atoms with Crippen LogP contribution in [0.25, 0.3) is 5.78 Å². The predicted molar refractivity (Wildman–Crippen MR) is 80.5 cm³/mol. The molecule has 0 aliphatic carbocycles. The molecule has 1 aromatic carbocycles. The van der Waals surface area contributed by atoms with Gasteiger partial charge in [0.2, 0.25) is 0 Å². The molecule has 3 aromatic rings. The summed E-state index contributed by atoms with van der Waals surface area (Å²) in [6, 6.07) is 5.16. The molecule has 0 bridgehead atoms. The van der Waals surface area contributed by atoms with E-state index in [9.17, 15) is 13.2 Å². The average molecular weight is 337 g/mol. The molecule has 0 amide bonds. The Morgan fingerprint density at radius 2 is 2.12 bits per heavy atom. The molecule has 24 heavy (non-hydrogen) atoms. The Morgan fingerprint density at radius 1 is 1.29 bits per heavy atom. The molecule has 2 aromatic heterocycles. The minimum atomic E-state index is -2.98. The van der Waals surface area contributed by atoms with Crippen molar-refractivity contribution in [2.75, 3.05) is 5.32 Å². The molecule has 6 nitrogen and oxygen atoms in total. The number of aryl methyl sites for hydroxylation is 1. The van der Waals surface area contributed by atoms with Gasteiger partial charge < -0.3 is 10.1 Å². The molecule has 126 valence electrons. The number of ether oxygens (including phenoxy) is 1. The van der Waals surface area contributed by atoms with Gasteiger partial charge >= 0.3 is 6.61 Å². The van der Waals surface area contributed by atoms with Gasteiger partial charge in [0.15, 0.2) is 0 Å². The molecule has 9 heteroatoms. The molecule has 0 radical (unpaired) electrons. The number of nitrogens with one attached hydrogen (secondary N) is 1. The molecule has 0 aliphatic heterocycles. The molecule has 0 fully saturated rings. The standard InChI is InChI=1S/C15H14F3N5O/c1-2-11-6-13(23-15(22-11)20-8-21-23)19-7-9-5-10(16)3-4-12(9)24-14(17)18/h3-6,8,14,19H,2,7H2,1H3. The van der Waals surface area contributed by atoms with Crippen LogP contribution in [-0.2, 0) is 13.0 Å². The third kappa shape index (κ3) is 3.39. The van der Waals surface area contributed by atoms with Gasteiger partial charge in [-0.2, -0.15) is 23.4 Å². The van der Waals surface area contributed by atoms with E-state index < -0.39 is 12.4 Å². The average Bonchev–Trinajstić information content (AvgIpc) is 3.02. The van der Waals surface area contributed by atoms with Crippen molar-refractivity contribution in [3.05, 3.63) is 47.7 Å². The van der Waals surface area contributed by atoms with Crippen molar-refractivity contribution in [3.8, 4) is 5.75 Å². The van der Waals surface area contributed by atoms with Crippen LogP contribution in [0.4, 0.5) is 19.0 Å². The number of hydrogen-bond acceptors (Lipinski definition) is 5. The Balaban J connectivity index is 1.88. The molecule has 0 aliphatic rings. The van der Waals surface area contributed by atoms with Crippen molar-refractivity contribution in [1.29, 1.82) is 0 Å². The number of hydrogen-bond donors (Lipinski definition) is 1. The first-order chi connectivity index (χ1) is 11.6. The van der Waals surface area contributed by atoms with E-state index in [4.69, 9.17) is 0 Å². The third-order valence-electron chi connectivity index (χ3n) is 3.37. The maximum absolute atomic E-state index is 13.4. The largest absolute Gasteiger partial charge is 0.434 e. The summed E-state index contributed by atoms with van der Waals surface area (Å²) in [6.07, 6.45) is 2.05. The van der Waals surface area contributed by atoms with Crippen molar-refractivity contribution < 1.29 is 17.9 Å². The van der Waals surface area contributed by atoms with Crippen LogP contribution in [0.3, 0.4) is 0 Å². The number of halogens is 3. The van der Waals surface area contributed by atoms with Crippen molar-refractivity contribution in [2.45, 2.75) is 26.5 Å². The summed E-state index contributed by atoms with van der Waals surface area (Å²) >= 11 is 0. The highest BCUT2D eigenvalue weighted by Crippen LogP contribution is 2.23. The smallest absolute Gasteiger partial charge is 0.387 e. The summed E-state index contributed by atoms with van der Waals surface area (Å²) in [4.78, 5) is 8.34. The molecule has 0 saturated carbocycles. The van der Waals surface area contributed by atoms with Gasteiger partial charge in [-0.1, -0.05) is 6.92 Å². The number of aromatic nitrogens is 4. The first kappa shape index (κ1) is 16.0. The molecular formula is C15H14F3N5O. The number of nitrogens with zero attached hydrogens (tertiary/aromatic N) is 4. The highest BCUT2D eigenvalue weighted by molar-refractivity contribution is 5.46. The lowest BCUT2D eigenvalue weighted by Crippen LogP contribution is -2.10. The van der Waals surface area contributed by atoms with E-state index >= 15 is 0 Å². The van der Waals surface area contributed by atoms with Gasteiger partial charge in [0.25, 0.3) is 5.78 Å². The summed E-state index contributed by atoms with van der Waals surface area (Å²) in [5.41, 5.74) is 1.06. The van der Waals surface area contributed by atoms with E-state index in [1.807, 2.05) is 6.92 Å². The number of alkyl halides is 2. The fourth-order valence-electron chi connectivity index (χ4n) is 2.25. The molecule has 3 rings (SSSR count). The van der Waals surface area contributed by atoms with Crippen LogP contribution in [-0.4, -0.2) is 26.2 Å². The van der Waals surface area contributed by atoms with Crippen LogP contribution in [0.2, 0.25) is 0 Å². The second-order valence-electron chi connectivity index (χ2n) is 4.94. The van der Waals surface area contributed by atoms with Crippen molar-refractivity contribution in [3.63, 3.8) is 0 Å². The van der Waals surface area contributed by atoms with E-state index in [1.54, 1.807) is 6.07 Å². The van der Waals surface area contributed by atoms with Crippen molar-refractivity contribution in [1.82, 2.24) is 19.6 Å². The van der Waals surface area contributed by atoms with Gasteiger partial charge in [-0.25, -0.2) is 9.37 Å². The van der Waals surface area contributed by atoms with Crippen molar-refractivity contribution >= 4 is 11.6 Å². The number of benzene rings is 1. The lowest BCUT2D eigenvalue weighted by Gasteiger charge is -2.13. The maximum Gasteiger partial charge on any atom is 0.387 e. The van der Waals surface area contributed by atoms with Crippen LogP contribution < -0.4 is 10.1 Å². The highest BCUT2D eigenvalue weighted by atomic mass is 19.3. The Hall–Kier alpha value is -2.84. The predicted octanol–water partition coefficient (Wildman–Crippen LogP) is 3.04. The van der Waals surface area contributed by atoms with Gasteiger partial charge in [0, 0.05) is 23.9 Å². The molecular weight excluding hydrogens is 323 g/mol. The van der Waals surface area contributed by atoms with Crippen LogP contribution in [0, 0.1) is 5.82 Å². The molecule has 1 N–H and O–H groups in total. The minimum Gasteiger partial charge on any atom is -0.434 e. The normalized spacial score (nSPS) is 11.2. The number of rotatable bonds is 6. The van der Waals surface area contributed by atoms with E-state index in [0.717, 1.165) is 17.8 Å². The SMILES string of the molecule is CCc1cc(NCc2cc(F)ccc2OC(F)F)n2ncnc2n1. The molecule has 0 unspecified atom stereocenters. The Morgan fingerprint density at radius 3 is 2.88 bits per heavy atom. The zero-order chi connectivity index (χ0) is 17.1. The highest BCUT2D eigenvalue weighted by Gasteiger charge is 2.12. The van der Waals surface area contributed by atoms with Crippen LogP contribution in [0.5, 0.6) is 5.75 Å². The second-order valence-corrected chi connectivity index (χ2v) is 4.94. The summed E-state index contributed by atoms with van der Waals surface area (Å²) in [5.74, 6) is 0.364. The Labute approximate surface area is 135 Å². The monoisotopic (exact) mass is 337 g/mol. The lowest BCUT2D eigenvalue weighted by molar-refractivity contribution is -0.0504. The molecule has 0 spiro atoms. The summed E-state index contributed by atoms with van der Waals surface area (Å²) < 4.78 is 44.2. The van der Waals surface area contributed by atoms with Gasteiger partial charge in [-0.15, -0.1) is 0 Å². The summed E-state index contributed by atoms with van der Waals surface area (Å²) in [6.45, 7) is -0.967. The van der Waals surface area contributed by atoms with Crippen LogP contribution >= 0.6 is 0 Å². The van der Waals surface area contributed by atoms with E-state index in [2.05, 4.69) is 25.1 Å². The third-order valence-corrected chi connectivity index (χ3v) is 3.37. The van der Waals surface area contributed by atoms with E-state index in [-0.39, 0.29) is 17.9 Å². The Bertz CT molecular complexity index is 852. The maximum atomic E-state index is 13.4. The fourth-order valence-corrected chi connectivity index (χ4v) is 2.25. The number of fused-ring (bicyclic) bond motifs is 1. The first-order valence-corrected chi connectivity index (χ1v) is 7.23. The quantitative estimate of drug-likeness (QED) is 0.749. The van der Waals surface area contributed by atoms with Gasteiger partial charge in [-0.05, 0) is 24.6 Å². The Kier molecular flexibility index (Phi) is 4.50. The lowest BCUT2D eigenvalue weighted by atomic mass is 10.2. The van der Waals surface area contributed by atoms with Crippen molar-refractivity contribution in [2.24, 2.45) is 0 Å². The van der Waals surface area contributed by atoms with Gasteiger partial charge in [-0.3, -0.25) is 0 Å².